The molecule has 0 aliphatic rings. The topological polar surface area (TPSA) is 60.4 Å². The highest BCUT2D eigenvalue weighted by Crippen LogP contribution is 2.40. The van der Waals surface area contributed by atoms with Crippen molar-refractivity contribution in [3.8, 4) is 21.3 Å². The largest absolute Gasteiger partial charge is 0.452 e. The lowest BCUT2D eigenvalue weighted by Gasteiger charge is -2.01. The Hall–Kier alpha value is -2.40. The zero-order valence-electron chi connectivity index (χ0n) is 14.1. The van der Waals surface area contributed by atoms with Crippen LogP contribution in [-0.2, 0) is 6.42 Å². The van der Waals surface area contributed by atoms with Gasteiger partial charge in [0.05, 0.1) is 9.75 Å². The van der Waals surface area contributed by atoms with E-state index in [1.54, 1.807) is 29.5 Å². The van der Waals surface area contributed by atoms with Gasteiger partial charge in [-0.2, -0.15) is 0 Å². The molecule has 0 saturated heterocycles. The second kappa shape index (κ2) is 8.12. The predicted octanol–water partition coefficient (Wildman–Crippen LogP) is 6.02. The standard InChI is InChI=1S/C20H20O4S/c1-2-3-4-5-6-14-11-19(17-9-7-15(12-21)23-17)25-20(14)18-10-8-16(13-22)24-18/h7-13H,2-6H2,1H3. The van der Waals surface area contributed by atoms with Crippen molar-refractivity contribution in [2.75, 3.05) is 0 Å². The summed E-state index contributed by atoms with van der Waals surface area (Å²) in [6.07, 6.45) is 7.08. The van der Waals surface area contributed by atoms with Gasteiger partial charge in [0.15, 0.2) is 24.1 Å². The van der Waals surface area contributed by atoms with E-state index in [9.17, 15) is 9.59 Å². The van der Waals surface area contributed by atoms with Gasteiger partial charge in [-0.3, -0.25) is 9.59 Å². The zero-order valence-corrected chi connectivity index (χ0v) is 14.9. The van der Waals surface area contributed by atoms with E-state index < -0.39 is 0 Å². The summed E-state index contributed by atoms with van der Waals surface area (Å²) < 4.78 is 11.2. The molecule has 0 saturated carbocycles. The molecule has 0 fully saturated rings. The third-order valence-electron chi connectivity index (χ3n) is 4.06. The second-order valence-electron chi connectivity index (χ2n) is 5.92. The Morgan fingerprint density at radius 3 is 2.24 bits per heavy atom. The van der Waals surface area contributed by atoms with Crippen molar-refractivity contribution in [1.82, 2.24) is 0 Å². The third kappa shape index (κ3) is 3.99. The number of unbranched alkanes of at least 4 members (excludes halogenated alkanes) is 3. The molecule has 4 nitrogen and oxygen atoms in total. The Bertz CT molecular complexity index is 853. The van der Waals surface area contributed by atoms with E-state index in [1.165, 1.54) is 24.8 Å². The van der Waals surface area contributed by atoms with E-state index in [4.69, 9.17) is 8.83 Å². The lowest BCUT2D eigenvalue weighted by atomic mass is 10.1. The van der Waals surface area contributed by atoms with E-state index in [0.717, 1.165) is 22.6 Å². The number of carbonyl (C=O) groups is 2. The van der Waals surface area contributed by atoms with Gasteiger partial charge in [0.2, 0.25) is 0 Å². The van der Waals surface area contributed by atoms with Crippen LogP contribution in [0.25, 0.3) is 21.3 Å². The van der Waals surface area contributed by atoms with Gasteiger partial charge in [0.1, 0.15) is 11.5 Å². The molecule has 0 radical (unpaired) electrons. The molecule has 3 heterocycles. The van der Waals surface area contributed by atoms with Crippen molar-refractivity contribution < 1.29 is 18.4 Å². The van der Waals surface area contributed by atoms with Gasteiger partial charge in [-0.25, -0.2) is 0 Å². The Kier molecular flexibility index (Phi) is 5.66. The number of hydrogen-bond donors (Lipinski definition) is 0. The number of furan rings is 2. The van der Waals surface area contributed by atoms with Crippen LogP contribution in [0.15, 0.2) is 39.2 Å². The van der Waals surface area contributed by atoms with E-state index in [2.05, 4.69) is 13.0 Å². The smallest absolute Gasteiger partial charge is 0.185 e. The maximum Gasteiger partial charge on any atom is 0.185 e. The SMILES string of the molecule is CCCCCCc1cc(-c2ccc(C=O)o2)sc1-c1ccc(C=O)o1. The molecule has 0 atom stereocenters. The van der Waals surface area contributed by atoms with Crippen molar-refractivity contribution in [1.29, 1.82) is 0 Å². The fourth-order valence-corrected chi connectivity index (χ4v) is 3.91. The summed E-state index contributed by atoms with van der Waals surface area (Å²) in [5.41, 5.74) is 1.19. The molecule has 0 aliphatic carbocycles. The normalized spacial score (nSPS) is 10.9. The Balaban J connectivity index is 1.92. The molecule has 3 aromatic heterocycles. The highest BCUT2D eigenvalue weighted by Gasteiger charge is 2.17. The van der Waals surface area contributed by atoms with Crippen LogP contribution < -0.4 is 0 Å². The van der Waals surface area contributed by atoms with Crippen LogP contribution in [0.3, 0.4) is 0 Å². The number of aryl methyl sites for hydroxylation is 1. The van der Waals surface area contributed by atoms with Crippen LogP contribution >= 0.6 is 11.3 Å². The first kappa shape index (κ1) is 17.4. The molecule has 3 rings (SSSR count). The monoisotopic (exact) mass is 356 g/mol. The number of carbonyl (C=O) groups excluding carboxylic acids is 2. The first-order valence-electron chi connectivity index (χ1n) is 8.48. The molecule has 0 unspecified atom stereocenters. The second-order valence-corrected chi connectivity index (χ2v) is 6.97. The van der Waals surface area contributed by atoms with Crippen molar-refractivity contribution >= 4 is 23.9 Å². The molecule has 130 valence electrons. The first-order chi connectivity index (χ1) is 12.2. The average molecular weight is 356 g/mol. The van der Waals surface area contributed by atoms with Gasteiger partial charge in [-0.1, -0.05) is 26.2 Å². The minimum atomic E-state index is 0.315. The summed E-state index contributed by atoms with van der Waals surface area (Å²) in [6, 6.07) is 9.08. The number of hydrogen-bond acceptors (Lipinski definition) is 5. The first-order valence-corrected chi connectivity index (χ1v) is 9.30. The zero-order chi connectivity index (χ0) is 17.6. The fourth-order valence-electron chi connectivity index (χ4n) is 2.77. The van der Waals surface area contributed by atoms with E-state index in [-0.39, 0.29) is 0 Å². The summed E-state index contributed by atoms with van der Waals surface area (Å²) in [7, 11) is 0. The highest BCUT2D eigenvalue weighted by molar-refractivity contribution is 7.18. The molecular formula is C20H20O4S. The molecule has 0 N–H and O–H groups in total. The molecule has 3 aromatic rings. The molecule has 0 aromatic carbocycles. The number of thiophene rings is 1. The van der Waals surface area contributed by atoms with Crippen LogP contribution in [0.2, 0.25) is 0 Å². The summed E-state index contributed by atoms with van der Waals surface area (Å²) in [5.74, 6) is 2.01. The van der Waals surface area contributed by atoms with Gasteiger partial charge in [0.25, 0.3) is 0 Å². The molecule has 25 heavy (non-hydrogen) atoms. The third-order valence-corrected chi connectivity index (χ3v) is 5.27. The molecule has 0 spiro atoms. The lowest BCUT2D eigenvalue weighted by molar-refractivity contribution is 0.109. The molecule has 0 amide bonds. The van der Waals surface area contributed by atoms with E-state index in [1.807, 2.05) is 6.07 Å². The van der Waals surface area contributed by atoms with Gasteiger partial charge in [-0.05, 0) is 48.7 Å². The minimum Gasteiger partial charge on any atom is -0.452 e. The highest BCUT2D eigenvalue weighted by atomic mass is 32.1. The van der Waals surface area contributed by atoms with Gasteiger partial charge in [0, 0.05) is 0 Å². The molecule has 5 heteroatoms. The molecular weight excluding hydrogens is 336 g/mol. The van der Waals surface area contributed by atoms with Crippen molar-refractivity contribution in [2.45, 2.75) is 39.0 Å². The minimum absolute atomic E-state index is 0.315. The van der Waals surface area contributed by atoms with E-state index in [0.29, 0.717) is 35.6 Å². The summed E-state index contributed by atoms with van der Waals surface area (Å²) in [4.78, 5) is 23.7. The summed E-state index contributed by atoms with van der Waals surface area (Å²) in [5, 5.41) is 0. The predicted molar refractivity (Wildman–Crippen MR) is 98.3 cm³/mol. The van der Waals surface area contributed by atoms with Crippen LogP contribution in [0, 0.1) is 0 Å². The quantitative estimate of drug-likeness (QED) is 0.348. The van der Waals surface area contributed by atoms with Crippen LogP contribution in [0.1, 0.15) is 59.3 Å². The van der Waals surface area contributed by atoms with Gasteiger partial charge >= 0.3 is 0 Å². The molecule has 0 bridgehead atoms. The summed E-state index contributed by atoms with van der Waals surface area (Å²) in [6.45, 7) is 2.19. The van der Waals surface area contributed by atoms with E-state index >= 15 is 0 Å². The van der Waals surface area contributed by atoms with Crippen molar-refractivity contribution in [2.24, 2.45) is 0 Å². The average Bonchev–Trinajstić information content (AvgIpc) is 3.36. The maximum atomic E-state index is 10.9. The maximum absolute atomic E-state index is 10.9. The van der Waals surface area contributed by atoms with Crippen LogP contribution in [-0.4, -0.2) is 12.6 Å². The number of rotatable bonds is 9. The Labute approximate surface area is 150 Å². The fraction of sp³-hybridized carbons (Fsp3) is 0.300. The van der Waals surface area contributed by atoms with Gasteiger partial charge in [-0.15, -0.1) is 11.3 Å². The lowest BCUT2D eigenvalue weighted by Crippen LogP contribution is -1.85. The van der Waals surface area contributed by atoms with Crippen LogP contribution in [0.5, 0.6) is 0 Å². The Morgan fingerprint density at radius 2 is 1.60 bits per heavy atom. The van der Waals surface area contributed by atoms with Crippen LogP contribution in [0.4, 0.5) is 0 Å². The van der Waals surface area contributed by atoms with Crippen molar-refractivity contribution in [3.63, 3.8) is 0 Å². The molecule has 0 aliphatic heterocycles. The summed E-state index contributed by atoms with van der Waals surface area (Å²) >= 11 is 1.56. The van der Waals surface area contributed by atoms with Gasteiger partial charge < -0.3 is 8.83 Å². The van der Waals surface area contributed by atoms with Crippen molar-refractivity contribution in [3.05, 3.63) is 47.4 Å². The Morgan fingerprint density at radius 1 is 0.920 bits per heavy atom. The number of aldehydes is 2.